The molecule has 0 bridgehead atoms. The molecule has 4 nitrogen and oxygen atoms in total. The van der Waals surface area contributed by atoms with E-state index in [2.05, 4.69) is 0 Å². The third-order valence-corrected chi connectivity index (χ3v) is 1.86. The van der Waals surface area contributed by atoms with E-state index >= 15 is 0 Å². The first-order valence-electron chi connectivity index (χ1n) is 3.30. The average molecular weight is 187 g/mol. The summed E-state index contributed by atoms with van der Waals surface area (Å²) in [7, 11) is -4.15. The molecule has 0 fully saturated rings. The van der Waals surface area contributed by atoms with Crippen molar-refractivity contribution in [1.82, 2.24) is 0 Å². The summed E-state index contributed by atoms with van der Waals surface area (Å²) in [4.78, 5) is 0. The summed E-state index contributed by atoms with van der Waals surface area (Å²) in [6, 6.07) is 6.78. The van der Waals surface area contributed by atoms with Crippen LogP contribution in [-0.2, 0) is 10.3 Å². The van der Waals surface area contributed by atoms with Crippen LogP contribution in [0.15, 0.2) is 24.3 Å². The molecule has 0 unspecified atom stereocenters. The molecule has 0 atom stereocenters. The van der Waals surface area contributed by atoms with Crippen LogP contribution in [-0.4, -0.2) is 13.0 Å². The van der Waals surface area contributed by atoms with E-state index in [9.17, 15) is 8.42 Å². The first kappa shape index (κ1) is 9.02. The van der Waals surface area contributed by atoms with Gasteiger partial charge in [0.05, 0.1) is 5.69 Å². The monoisotopic (exact) mass is 187 g/mol. The summed E-state index contributed by atoms with van der Waals surface area (Å²) in [5.74, 6) is 0. The van der Waals surface area contributed by atoms with E-state index in [1.165, 1.54) is 0 Å². The molecular formula is C7H9NO3S. The zero-order valence-electron chi connectivity index (χ0n) is 6.48. The van der Waals surface area contributed by atoms with E-state index < -0.39 is 10.3 Å². The number of benzene rings is 1. The van der Waals surface area contributed by atoms with Gasteiger partial charge in [-0.25, -0.2) is 0 Å². The Morgan fingerprint density at radius 1 is 1.33 bits per heavy atom. The van der Waals surface area contributed by atoms with Crippen LogP contribution >= 0.6 is 0 Å². The lowest BCUT2D eigenvalue weighted by Crippen LogP contribution is -2.11. The largest absolute Gasteiger partial charge is 0.357 e. The Bertz CT molecular complexity index is 372. The number of nitrogens with one attached hydrogen (secondary N) is 1. The van der Waals surface area contributed by atoms with Crippen molar-refractivity contribution in [2.75, 3.05) is 4.72 Å². The van der Waals surface area contributed by atoms with E-state index in [4.69, 9.17) is 4.55 Å². The molecule has 0 saturated carbocycles. The lowest BCUT2D eigenvalue weighted by molar-refractivity contribution is 0.489. The Morgan fingerprint density at radius 2 is 1.92 bits per heavy atom. The van der Waals surface area contributed by atoms with Crippen LogP contribution in [0, 0.1) is 6.92 Å². The smallest absolute Gasteiger partial charge is 0.269 e. The van der Waals surface area contributed by atoms with Crippen LogP contribution in [0.25, 0.3) is 0 Å². The molecule has 0 heterocycles. The van der Waals surface area contributed by atoms with Crippen LogP contribution in [0.5, 0.6) is 0 Å². The van der Waals surface area contributed by atoms with E-state index in [0.717, 1.165) is 5.56 Å². The second kappa shape index (κ2) is 3.12. The molecule has 0 saturated heterocycles. The SMILES string of the molecule is Cc1ccccc1NS(=O)(=O)O. The van der Waals surface area contributed by atoms with Crippen molar-refractivity contribution in [3.63, 3.8) is 0 Å². The maximum Gasteiger partial charge on any atom is 0.357 e. The minimum absolute atomic E-state index is 0.389. The van der Waals surface area contributed by atoms with E-state index in [0.29, 0.717) is 5.69 Å². The highest BCUT2D eigenvalue weighted by atomic mass is 32.2. The highest BCUT2D eigenvalue weighted by Gasteiger charge is 2.04. The van der Waals surface area contributed by atoms with E-state index in [-0.39, 0.29) is 0 Å². The standard InChI is InChI=1S/C7H9NO3S/c1-6-4-2-3-5-7(6)8-12(9,10)11/h2-5,8H,1H3,(H,9,10,11). The van der Waals surface area contributed by atoms with Gasteiger partial charge in [0.2, 0.25) is 0 Å². The molecular weight excluding hydrogens is 178 g/mol. The molecule has 12 heavy (non-hydrogen) atoms. The van der Waals surface area contributed by atoms with Gasteiger partial charge in [-0.2, -0.15) is 8.42 Å². The molecule has 66 valence electrons. The number of aryl methyl sites for hydroxylation is 1. The Hall–Kier alpha value is -1.07. The van der Waals surface area contributed by atoms with E-state index in [1.54, 1.807) is 31.2 Å². The third-order valence-electron chi connectivity index (χ3n) is 1.38. The number of para-hydroxylation sites is 1. The molecule has 0 aliphatic carbocycles. The van der Waals surface area contributed by atoms with Gasteiger partial charge in [0.25, 0.3) is 0 Å². The maximum atomic E-state index is 10.4. The van der Waals surface area contributed by atoms with Gasteiger partial charge in [-0.3, -0.25) is 9.27 Å². The van der Waals surface area contributed by atoms with Crippen LogP contribution in [0.2, 0.25) is 0 Å². The van der Waals surface area contributed by atoms with E-state index in [1.807, 2.05) is 4.72 Å². The van der Waals surface area contributed by atoms with Gasteiger partial charge >= 0.3 is 10.3 Å². The van der Waals surface area contributed by atoms with Gasteiger partial charge in [0.1, 0.15) is 0 Å². The number of anilines is 1. The zero-order chi connectivity index (χ0) is 9.19. The van der Waals surface area contributed by atoms with Crippen LogP contribution in [0.1, 0.15) is 5.56 Å². The quantitative estimate of drug-likeness (QED) is 0.684. The third kappa shape index (κ3) is 2.52. The van der Waals surface area contributed by atoms with Gasteiger partial charge in [-0.15, -0.1) is 0 Å². The summed E-state index contributed by atoms with van der Waals surface area (Å²) in [5, 5.41) is 0. The molecule has 1 rings (SSSR count). The second-order valence-electron chi connectivity index (χ2n) is 2.39. The number of rotatable bonds is 2. The highest BCUT2D eigenvalue weighted by Crippen LogP contribution is 2.13. The minimum Gasteiger partial charge on any atom is -0.269 e. The molecule has 1 aromatic carbocycles. The normalized spacial score (nSPS) is 11.2. The second-order valence-corrected chi connectivity index (χ2v) is 3.55. The fourth-order valence-corrected chi connectivity index (χ4v) is 1.33. The first-order valence-corrected chi connectivity index (χ1v) is 4.74. The average Bonchev–Trinajstić information content (AvgIpc) is 1.91. The van der Waals surface area contributed by atoms with Crippen LogP contribution in [0.4, 0.5) is 5.69 Å². The number of hydrogen-bond acceptors (Lipinski definition) is 2. The molecule has 0 spiro atoms. The molecule has 0 aromatic heterocycles. The van der Waals surface area contributed by atoms with Crippen molar-refractivity contribution in [1.29, 1.82) is 0 Å². The Morgan fingerprint density at radius 3 is 2.42 bits per heavy atom. The zero-order valence-corrected chi connectivity index (χ0v) is 7.30. The molecule has 0 aliphatic rings. The predicted octanol–water partition coefficient (Wildman–Crippen LogP) is 1.21. The van der Waals surface area contributed by atoms with Crippen LogP contribution < -0.4 is 4.72 Å². The molecule has 0 amide bonds. The molecule has 5 heteroatoms. The summed E-state index contributed by atoms with van der Waals surface area (Å²) in [5.41, 5.74) is 1.15. The maximum absolute atomic E-state index is 10.4. The minimum atomic E-state index is -4.15. The van der Waals surface area contributed by atoms with Gasteiger partial charge in [-0.05, 0) is 18.6 Å². The van der Waals surface area contributed by atoms with Gasteiger partial charge in [-0.1, -0.05) is 18.2 Å². The lowest BCUT2D eigenvalue weighted by atomic mass is 10.2. The van der Waals surface area contributed by atoms with Gasteiger partial charge in [0, 0.05) is 0 Å². The fourth-order valence-electron chi connectivity index (χ4n) is 0.826. The Labute approximate surface area is 71.1 Å². The number of hydrogen-bond donors (Lipinski definition) is 2. The first-order chi connectivity index (χ1) is 5.49. The Balaban J connectivity index is 2.98. The van der Waals surface area contributed by atoms with Crippen molar-refractivity contribution in [2.45, 2.75) is 6.92 Å². The summed E-state index contributed by atoms with van der Waals surface area (Å²) in [6.07, 6.45) is 0. The summed E-state index contributed by atoms with van der Waals surface area (Å²) in [6.45, 7) is 1.74. The van der Waals surface area contributed by atoms with Gasteiger partial charge < -0.3 is 0 Å². The lowest BCUT2D eigenvalue weighted by Gasteiger charge is -2.04. The molecule has 1 aromatic rings. The summed E-state index contributed by atoms with van der Waals surface area (Å²) < 4.78 is 31.2. The highest BCUT2D eigenvalue weighted by molar-refractivity contribution is 7.87. The summed E-state index contributed by atoms with van der Waals surface area (Å²) >= 11 is 0. The van der Waals surface area contributed by atoms with Crippen molar-refractivity contribution >= 4 is 16.0 Å². The Kier molecular flexibility index (Phi) is 2.35. The van der Waals surface area contributed by atoms with Crippen LogP contribution in [0.3, 0.4) is 0 Å². The van der Waals surface area contributed by atoms with Crippen molar-refractivity contribution < 1.29 is 13.0 Å². The molecule has 2 N–H and O–H groups in total. The van der Waals surface area contributed by atoms with Gasteiger partial charge in [0.15, 0.2) is 0 Å². The molecule has 0 aliphatic heterocycles. The molecule has 0 radical (unpaired) electrons. The predicted molar refractivity (Wildman–Crippen MR) is 46.4 cm³/mol. The fraction of sp³-hybridized carbons (Fsp3) is 0.143. The van der Waals surface area contributed by atoms with Crippen molar-refractivity contribution in [3.05, 3.63) is 29.8 Å². The topological polar surface area (TPSA) is 66.4 Å². The van der Waals surface area contributed by atoms with Crippen molar-refractivity contribution in [2.24, 2.45) is 0 Å². The van der Waals surface area contributed by atoms with Crippen molar-refractivity contribution in [3.8, 4) is 0 Å².